The molecule has 0 spiro atoms. The summed E-state index contributed by atoms with van der Waals surface area (Å²) in [6.45, 7) is 8.19. The number of carbonyl (C=O) groups excluding carboxylic acids is 1. The van der Waals surface area contributed by atoms with Crippen LogP contribution in [-0.4, -0.2) is 22.8 Å². The van der Waals surface area contributed by atoms with Crippen LogP contribution in [0.2, 0.25) is 0 Å². The maximum absolute atomic E-state index is 10.5. The Balaban J connectivity index is 4.01. The molecular weight excluding hydrogens is 192 g/mol. The largest absolute Gasteiger partial charge is 0.542 e. The highest BCUT2D eigenvalue weighted by Crippen LogP contribution is 2.17. The lowest BCUT2D eigenvalue weighted by Gasteiger charge is -2.26. The van der Waals surface area contributed by atoms with E-state index >= 15 is 0 Å². The molecule has 0 aromatic carbocycles. The summed E-state index contributed by atoms with van der Waals surface area (Å²) in [6.07, 6.45) is -1.26. The van der Waals surface area contributed by atoms with Crippen molar-refractivity contribution >= 4 is 6.16 Å². The number of hydrogen-bond donors (Lipinski definition) is 1. The summed E-state index contributed by atoms with van der Waals surface area (Å²) in [5.41, 5.74) is -0.524. The Labute approximate surface area is 82.6 Å². The van der Waals surface area contributed by atoms with Crippen LogP contribution in [0.4, 0.5) is 4.79 Å². The molecule has 0 bridgehead atoms. The number of rotatable bonds is 3. The van der Waals surface area contributed by atoms with Gasteiger partial charge in [-0.25, -0.2) is 9.68 Å². The molecule has 0 aliphatic carbocycles. The molecule has 0 saturated carbocycles. The molecule has 6 heteroatoms. The molecule has 0 rings (SSSR count). The van der Waals surface area contributed by atoms with Crippen molar-refractivity contribution in [1.82, 2.24) is 0 Å². The lowest BCUT2D eigenvalue weighted by atomic mass is 10.2. The smallest absolute Gasteiger partial charge is 0.398 e. The van der Waals surface area contributed by atoms with Gasteiger partial charge >= 0.3 is 6.16 Å². The SMILES string of the molecule is CC(C)(C)OOC(C)(C)OC(=O)OO. The van der Waals surface area contributed by atoms with Gasteiger partial charge in [-0.2, -0.15) is 10.1 Å². The first-order valence-electron chi connectivity index (χ1n) is 4.07. The van der Waals surface area contributed by atoms with Crippen molar-refractivity contribution in [3.05, 3.63) is 0 Å². The minimum absolute atomic E-state index is 0.524. The van der Waals surface area contributed by atoms with Crippen LogP contribution < -0.4 is 0 Å². The van der Waals surface area contributed by atoms with Crippen LogP contribution in [0.3, 0.4) is 0 Å². The minimum Gasteiger partial charge on any atom is -0.398 e. The van der Waals surface area contributed by atoms with E-state index in [1.807, 2.05) is 0 Å². The van der Waals surface area contributed by atoms with Gasteiger partial charge in [0.25, 0.3) is 0 Å². The second kappa shape index (κ2) is 4.59. The summed E-state index contributed by atoms with van der Waals surface area (Å²) in [7, 11) is 0. The topological polar surface area (TPSA) is 74.2 Å². The quantitative estimate of drug-likeness (QED) is 0.331. The van der Waals surface area contributed by atoms with Gasteiger partial charge in [0.05, 0.1) is 5.60 Å². The van der Waals surface area contributed by atoms with E-state index in [1.165, 1.54) is 13.8 Å². The van der Waals surface area contributed by atoms with E-state index in [0.29, 0.717) is 0 Å². The first-order valence-corrected chi connectivity index (χ1v) is 4.07. The fraction of sp³-hybridized carbons (Fsp3) is 0.875. The summed E-state index contributed by atoms with van der Waals surface area (Å²) in [5, 5.41) is 7.96. The van der Waals surface area contributed by atoms with Gasteiger partial charge in [0, 0.05) is 13.8 Å². The van der Waals surface area contributed by atoms with E-state index < -0.39 is 17.5 Å². The van der Waals surface area contributed by atoms with E-state index in [4.69, 9.17) is 15.0 Å². The van der Waals surface area contributed by atoms with Gasteiger partial charge in [0.2, 0.25) is 5.79 Å². The lowest BCUT2D eigenvalue weighted by Crippen LogP contribution is -2.35. The Hall–Kier alpha value is -0.850. The van der Waals surface area contributed by atoms with Crippen molar-refractivity contribution < 1.29 is 29.5 Å². The normalized spacial score (nSPS) is 12.4. The first-order chi connectivity index (χ1) is 6.16. The Kier molecular flexibility index (Phi) is 4.31. The predicted molar refractivity (Wildman–Crippen MR) is 46.2 cm³/mol. The molecule has 0 fully saturated rings. The van der Waals surface area contributed by atoms with Gasteiger partial charge in [-0.1, -0.05) is 0 Å². The zero-order valence-electron chi connectivity index (χ0n) is 8.99. The average molecular weight is 208 g/mol. The molecule has 0 aromatic rings. The predicted octanol–water partition coefficient (Wildman–Crippen LogP) is 2.10. The zero-order valence-corrected chi connectivity index (χ0v) is 8.99. The molecule has 0 radical (unpaired) electrons. The van der Waals surface area contributed by atoms with Crippen LogP contribution in [0.1, 0.15) is 34.6 Å². The Morgan fingerprint density at radius 3 is 1.93 bits per heavy atom. The van der Waals surface area contributed by atoms with E-state index in [2.05, 4.69) is 9.62 Å². The van der Waals surface area contributed by atoms with Gasteiger partial charge in [-0.3, -0.25) is 4.89 Å². The molecule has 0 atom stereocenters. The Morgan fingerprint density at radius 2 is 1.57 bits per heavy atom. The van der Waals surface area contributed by atoms with Crippen LogP contribution in [-0.2, 0) is 19.4 Å². The van der Waals surface area contributed by atoms with Gasteiger partial charge < -0.3 is 4.74 Å². The average Bonchev–Trinajstić information content (AvgIpc) is 1.99. The van der Waals surface area contributed by atoms with Gasteiger partial charge in [-0.05, 0) is 20.8 Å². The van der Waals surface area contributed by atoms with Crippen LogP contribution in [0, 0.1) is 0 Å². The van der Waals surface area contributed by atoms with Gasteiger partial charge in [0.1, 0.15) is 0 Å². The highest BCUT2D eigenvalue weighted by atomic mass is 17.2. The summed E-state index contributed by atoms with van der Waals surface area (Å²) in [4.78, 5) is 23.6. The molecule has 1 N–H and O–H groups in total. The third kappa shape index (κ3) is 6.64. The summed E-state index contributed by atoms with van der Waals surface area (Å²) in [5.74, 6) is -1.33. The van der Waals surface area contributed by atoms with E-state index in [0.717, 1.165) is 0 Å². The monoisotopic (exact) mass is 208 g/mol. The fourth-order valence-corrected chi connectivity index (χ4v) is 0.462. The Morgan fingerprint density at radius 1 is 1.07 bits per heavy atom. The minimum atomic E-state index is -1.33. The second-order valence-corrected chi connectivity index (χ2v) is 4.12. The highest BCUT2D eigenvalue weighted by Gasteiger charge is 2.28. The first kappa shape index (κ1) is 13.2. The summed E-state index contributed by atoms with van der Waals surface area (Å²) >= 11 is 0. The molecule has 0 aliphatic rings. The standard InChI is InChI=1S/C8H16O6/c1-7(2,3)13-14-8(4,5)11-6(9)12-10/h10H,1-5H3. The lowest BCUT2D eigenvalue weighted by molar-refractivity contribution is -0.443. The second-order valence-electron chi connectivity index (χ2n) is 4.12. The fourth-order valence-electron chi connectivity index (χ4n) is 0.462. The number of carbonyl (C=O) groups is 1. The van der Waals surface area contributed by atoms with Crippen molar-refractivity contribution in [2.75, 3.05) is 0 Å². The van der Waals surface area contributed by atoms with Crippen molar-refractivity contribution in [1.29, 1.82) is 0 Å². The van der Waals surface area contributed by atoms with Gasteiger partial charge in [-0.15, -0.1) is 0 Å². The number of hydrogen-bond acceptors (Lipinski definition) is 6. The van der Waals surface area contributed by atoms with Crippen LogP contribution in [0.15, 0.2) is 0 Å². The molecule has 14 heavy (non-hydrogen) atoms. The van der Waals surface area contributed by atoms with E-state index in [9.17, 15) is 4.79 Å². The van der Waals surface area contributed by atoms with E-state index in [-0.39, 0.29) is 0 Å². The molecule has 84 valence electrons. The van der Waals surface area contributed by atoms with Crippen LogP contribution >= 0.6 is 0 Å². The Bertz CT molecular complexity index is 192. The maximum Gasteiger partial charge on any atom is 0.542 e. The third-order valence-corrected chi connectivity index (χ3v) is 0.896. The molecule has 0 heterocycles. The van der Waals surface area contributed by atoms with E-state index in [1.54, 1.807) is 20.8 Å². The summed E-state index contributed by atoms with van der Waals surface area (Å²) < 4.78 is 4.52. The number of ether oxygens (including phenoxy) is 1. The molecule has 0 aliphatic heterocycles. The molecule has 0 amide bonds. The third-order valence-electron chi connectivity index (χ3n) is 0.896. The zero-order chi connectivity index (χ0) is 11.4. The van der Waals surface area contributed by atoms with Gasteiger partial charge in [0.15, 0.2) is 0 Å². The molecule has 0 unspecified atom stereocenters. The summed E-state index contributed by atoms with van der Waals surface area (Å²) in [6, 6.07) is 0. The van der Waals surface area contributed by atoms with Crippen LogP contribution in [0.5, 0.6) is 0 Å². The van der Waals surface area contributed by atoms with Crippen molar-refractivity contribution in [3.8, 4) is 0 Å². The molecule has 0 aromatic heterocycles. The molecule has 6 nitrogen and oxygen atoms in total. The molecular formula is C8H16O6. The maximum atomic E-state index is 10.5. The van der Waals surface area contributed by atoms with Crippen LogP contribution in [0.25, 0.3) is 0 Å². The van der Waals surface area contributed by atoms with Crippen molar-refractivity contribution in [2.45, 2.75) is 46.0 Å². The van der Waals surface area contributed by atoms with Crippen molar-refractivity contribution in [3.63, 3.8) is 0 Å². The highest BCUT2D eigenvalue weighted by molar-refractivity contribution is 5.59. The molecule has 0 saturated heterocycles. The van der Waals surface area contributed by atoms with Crippen molar-refractivity contribution in [2.24, 2.45) is 0 Å².